The lowest BCUT2D eigenvalue weighted by atomic mass is 9.97. The summed E-state index contributed by atoms with van der Waals surface area (Å²) in [5, 5.41) is 4.32. The van der Waals surface area contributed by atoms with E-state index in [1.165, 1.54) is 4.90 Å². The number of fused-ring (bicyclic) bond motifs is 1. The van der Waals surface area contributed by atoms with Crippen LogP contribution < -0.4 is 0 Å². The Morgan fingerprint density at radius 2 is 2.00 bits per heavy atom. The third-order valence-corrected chi connectivity index (χ3v) is 4.46. The van der Waals surface area contributed by atoms with Gasteiger partial charge in [-0.1, -0.05) is 0 Å². The van der Waals surface area contributed by atoms with E-state index in [2.05, 4.69) is 10.1 Å². The Kier molecular flexibility index (Phi) is 4.01. The van der Waals surface area contributed by atoms with Crippen molar-refractivity contribution in [1.82, 2.24) is 19.5 Å². The SMILES string of the molecule is Cc1cc(C)n2nc(C)c(C(=O)N3CCCC(C(F)(F)F)C3)c2n1. The van der Waals surface area contributed by atoms with E-state index >= 15 is 0 Å². The molecule has 8 heteroatoms. The maximum Gasteiger partial charge on any atom is 0.393 e. The third kappa shape index (κ3) is 2.85. The number of aryl methyl sites for hydroxylation is 3. The number of nitrogens with zero attached hydrogens (tertiary/aromatic N) is 4. The van der Waals surface area contributed by atoms with E-state index < -0.39 is 18.0 Å². The minimum absolute atomic E-state index is 0.0670. The number of halogens is 3. The van der Waals surface area contributed by atoms with Gasteiger partial charge >= 0.3 is 6.18 Å². The number of carbonyl (C=O) groups is 1. The fourth-order valence-corrected chi connectivity index (χ4v) is 3.26. The van der Waals surface area contributed by atoms with Gasteiger partial charge in [-0.25, -0.2) is 9.50 Å². The number of hydrogen-bond donors (Lipinski definition) is 0. The molecule has 130 valence electrons. The predicted molar refractivity (Wildman–Crippen MR) is 81.9 cm³/mol. The highest BCUT2D eigenvalue weighted by Crippen LogP contribution is 2.34. The van der Waals surface area contributed by atoms with Crippen molar-refractivity contribution in [2.24, 2.45) is 5.92 Å². The van der Waals surface area contributed by atoms with Gasteiger partial charge in [0.1, 0.15) is 5.56 Å². The summed E-state index contributed by atoms with van der Waals surface area (Å²) in [5.74, 6) is -1.89. The zero-order chi connectivity index (χ0) is 17.6. The molecule has 3 heterocycles. The average molecular weight is 340 g/mol. The summed E-state index contributed by atoms with van der Waals surface area (Å²) in [4.78, 5) is 18.5. The van der Waals surface area contributed by atoms with Crippen LogP contribution in [0.5, 0.6) is 0 Å². The van der Waals surface area contributed by atoms with Crippen LogP contribution in [0.2, 0.25) is 0 Å². The van der Waals surface area contributed by atoms with Crippen molar-refractivity contribution in [2.75, 3.05) is 13.1 Å². The Balaban J connectivity index is 1.98. The molecule has 0 aliphatic carbocycles. The highest BCUT2D eigenvalue weighted by molar-refractivity contribution is 6.01. The van der Waals surface area contributed by atoms with Crippen molar-refractivity contribution in [3.63, 3.8) is 0 Å². The fraction of sp³-hybridized carbons (Fsp3) is 0.562. The molecular formula is C16H19F3N4O. The van der Waals surface area contributed by atoms with Crippen molar-refractivity contribution in [3.8, 4) is 0 Å². The molecule has 2 aromatic rings. The zero-order valence-corrected chi connectivity index (χ0v) is 13.8. The lowest BCUT2D eigenvalue weighted by Crippen LogP contribution is -2.44. The van der Waals surface area contributed by atoms with E-state index in [4.69, 9.17) is 0 Å². The molecule has 0 radical (unpaired) electrons. The summed E-state index contributed by atoms with van der Waals surface area (Å²) in [6.07, 6.45) is -3.86. The van der Waals surface area contributed by atoms with E-state index in [1.807, 2.05) is 19.9 Å². The molecule has 0 bridgehead atoms. The monoisotopic (exact) mass is 340 g/mol. The van der Waals surface area contributed by atoms with Crippen molar-refractivity contribution < 1.29 is 18.0 Å². The number of aromatic nitrogens is 3. The van der Waals surface area contributed by atoms with E-state index in [9.17, 15) is 18.0 Å². The van der Waals surface area contributed by atoms with Gasteiger partial charge in [0, 0.05) is 24.5 Å². The van der Waals surface area contributed by atoms with Crippen LogP contribution in [0.1, 0.15) is 40.3 Å². The van der Waals surface area contributed by atoms with Crippen LogP contribution in [-0.2, 0) is 0 Å². The van der Waals surface area contributed by atoms with Crippen LogP contribution >= 0.6 is 0 Å². The summed E-state index contributed by atoms with van der Waals surface area (Å²) in [6, 6.07) is 1.84. The molecular weight excluding hydrogens is 321 g/mol. The summed E-state index contributed by atoms with van der Waals surface area (Å²) in [7, 11) is 0. The van der Waals surface area contributed by atoms with Crippen LogP contribution in [-0.4, -0.2) is 44.7 Å². The van der Waals surface area contributed by atoms with Crippen LogP contribution in [0, 0.1) is 26.7 Å². The lowest BCUT2D eigenvalue weighted by Gasteiger charge is -2.33. The molecule has 1 atom stereocenters. The largest absolute Gasteiger partial charge is 0.393 e. The van der Waals surface area contributed by atoms with Gasteiger partial charge in [-0.3, -0.25) is 4.79 Å². The second-order valence-electron chi connectivity index (χ2n) is 6.37. The lowest BCUT2D eigenvalue weighted by molar-refractivity contribution is -0.184. The summed E-state index contributed by atoms with van der Waals surface area (Å²) in [6.45, 7) is 5.37. The maximum atomic E-state index is 13.0. The normalized spacial score (nSPS) is 19.1. The van der Waals surface area contributed by atoms with E-state index in [-0.39, 0.29) is 13.0 Å². The summed E-state index contributed by atoms with van der Waals surface area (Å²) < 4.78 is 40.5. The fourth-order valence-electron chi connectivity index (χ4n) is 3.26. The van der Waals surface area contributed by atoms with Crippen molar-refractivity contribution >= 4 is 11.6 Å². The van der Waals surface area contributed by atoms with Gasteiger partial charge in [0.05, 0.1) is 11.6 Å². The first-order chi connectivity index (χ1) is 11.2. The minimum Gasteiger partial charge on any atom is -0.338 e. The first-order valence-corrected chi connectivity index (χ1v) is 7.88. The van der Waals surface area contributed by atoms with Crippen LogP contribution in [0.3, 0.4) is 0 Å². The van der Waals surface area contributed by atoms with E-state index in [1.54, 1.807) is 11.4 Å². The molecule has 1 saturated heterocycles. The molecule has 1 aliphatic heterocycles. The van der Waals surface area contributed by atoms with Gasteiger partial charge in [-0.15, -0.1) is 0 Å². The number of likely N-dealkylation sites (tertiary alicyclic amines) is 1. The Bertz CT molecular complexity index is 797. The molecule has 0 saturated carbocycles. The van der Waals surface area contributed by atoms with Gasteiger partial charge in [-0.05, 0) is 39.7 Å². The number of rotatable bonds is 1. The van der Waals surface area contributed by atoms with Crippen molar-refractivity contribution in [2.45, 2.75) is 39.8 Å². The minimum atomic E-state index is -4.28. The molecule has 24 heavy (non-hydrogen) atoms. The Labute approximate surface area is 137 Å². The summed E-state index contributed by atoms with van der Waals surface area (Å²) >= 11 is 0. The van der Waals surface area contributed by atoms with Gasteiger partial charge in [0.2, 0.25) is 0 Å². The number of alkyl halides is 3. The molecule has 5 nitrogen and oxygen atoms in total. The highest BCUT2D eigenvalue weighted by atomic mass is 19.4. The summed E-state index contributed by atoms with van der Waals surface area (Å²) in [5.41, 5.74) is 2.75. The van der Waals surface area contributed by atoms with Crippen LogP contribution in [0.25, 0.3) is 5.65 Å². The Hall–Kier alpha value is -2.12. The van der Waals surface area contributed by atoms with Gasteiger partial charge < -0.3 is 4.90 Å². The number of piperidine rings is 1. The molecule has 1 aliphatic rings. The van der Waals surface area contributed by atoms with E-state index in [0.717, 1.165) is 11.4 Å². The number of carbonyl (C=O) groups excluding carboxylic acids is 1. The van der Waals surface area contributed by atoms with Gasteiger partial charge in [0.25, 0.3) is 5.91 Å². The average Bonchev–Trinajstić information content (AvgIpc) is 2.82. The number of hydrogen-bond acceptors (Lipinski definition) is 3. The maximum absolute atomic E-state index is 13.0. The highest BCUT2D eigenvalue weighted by Gasteiger charge is 2.43. The molecule has 0 N–H and O–H groups in total. The van der Waals surface area contributed by atoms with Gasteiger partial charge in [0.15, 0.2) is 5.65 Å². The molecule has 0 aromatic carbocycles. The first kappa shape index (κ1) is 16.7. The quantitative estimate of drug-likeness (QED) is 0.802. The molecule has 0 spiro atoms. The second-order valence-corrected chi connectivity index (χ2v) is 6.37. The predicted octanol–water partition coefficient (Wildman–Crippen LogP) is 3.07. The zero-order valence-electron chi connectivity index (χ0n) is 13.8. The Morgan fingerprint density at radius 3 is 2.67 bits per heavy atom. The standard InChI is InChI=1S/C16H19F3N4O/c1-9-7-10(2)23-14(20-9)13(11(3)21-23)15(24)22-6-4-5-12(8-22)16(17,18)19/h7,12H,4-6,8H2,1-3H3. The van der Waals surface area contributed by atoms with Crippen LogP contribution in [0.4, 0.5) is 13.2 Å². The van der Waals surface area contributed by atoms with Gasteiger partial charge in [-0.2, -0.15) is 18.3 Å². The third-order valence-electron chi connectivity index (χ3n) is 4.46. The topological polar surface area (TPSA) is 50.5 Å². The molecule has 1 amide bonds. The molecule has 2 aromatic heterocycles. The smallest absolute Gasteiger partial charge is 0.338 e. The molecule has 1 fully saturated rings. The second kappa shape index (κ2) is 5.75. The molecule has 3 rings (SSSR count). The van der Waals surface area contributed by atoms with Crippen LogP contribution in [0.15, 0.2) is 6.07 Å². The number of amides is 1. The van der Waals surface area contributed by atoms with Crippen molar-refractivity contribution in [1.29, 1.82) is 0 Å². The molecule has 1 unspecified atom stereocenters. The first-order valence-electron chi connectivity index (χ1n) is 7.88. The Morgan fingerprint density at radius 1 is 1.29 bits per heavy atom. The van der Waals surface area contributed by atoms with E-state index in [0.29, 0.717) is 29.9 Å². The van der Waals surface area contributed by atoms with Crippen molar-refractivity contribution in [3.05, 3.63) is 28.7 Å².